The average Bonchev–Trinajstić information content (AvgIpc) is 2.05. The Morgan fingerprint density at radius 3 is 2.42 bits per heavy atom. The van der Waals surface area contributed by atoms with E-state index in [-0.39, 0.29) is 6.61 Å². The summed E-state index contributed by atoms with van der Waals surface area (Å²) in [7, 11) is 0. The first-order chi connectivity index (χ1) is 5.72. The maximum absolute atomic E-state index is 8.77. The summed E-state index contributed by atoms with van der Waals surface area (Å²) in [6.45, 7) is 5.73. The molecule has 0 aliphatic heterocycles. The van der Waals surface area contributed by atoms with Crippen molar-refractivity contribution in [3.8, 4) is 0 Å². The van der Waals surface area contributed by atoms with E-state index >= 15 is 0 Å². The van der Waals surface area contributed by atoms with Crippen LogP contribution in [0, 0.1) is 0 Å². The second-order valence-corrected chi connectivity index (χ2v) is 2.76. The van der Waals surface area contributed by atoms with Gasteiger partial charge in [-0.15, -0.1) is 0 Å². The van der Waals surface area contributed by atoms with Gasteiger partial charge in [-0.05, 0) is 24.6 Å². The van der Waals surface area contributed by atoms with Gasteiger partial charge in [-0.3, -0.25) is 0 Å². The van der Waals surface area contributed by atoms with Crippen LogP contribution in [-0.4, -0.2) is 5.11 Å². The molecular weight excluding hydrogens is 150 g/mol. The summed E-state index contributed by atoms with van der Waals surface area (Å²) in [5.41, 5.74) is 2.83. The van der Waals surface area contributed by atoms with Crippen molar-refractivity contribution in [2.75, 3.05) is 5.32 Å². The van der Waals surface area contributed by atoms with Gasteiger partial charge in [-0.1, -0.05) is 18.7 Å². The minimum absolute atomic E-state index is 0.0906. The van der Waals surface area contributed by atoms with Crippen molar-refractivity contribution in [2.45, 2.75) is 13.5 Å². The predicted octanol–water partition coefficient (Wildman–Crippen LogP) is 2.12. The number of hydrogen-bond acceptors (Lipinski definition) is 2. The molecule has 0 radical (unpaired) electrons. The van der Waals surface area contributed by atoms with E-state index in [1.165, 1.54) is 0 Å². The van der Waals surface area contributed by atoms with Crippen molar-refractivity contribution in [3.63, 3.8) is 0 Å². The van der Waals surface area contributed by atoms with Crippen LogP contribution >= 0.6 is 0 Å². The van der Waals surface area contributed by atoms with Crippen LogP contribution in [-0.2, 0) is 6.61 Å². The highest BCUT2D eigenvalue weighted by molar-refractivity contribution is 5.48. The van der Waals surface area contributed by atoms with E-state index in [0.29, 0.717) is 0 Å². The van der Waals surface area contributed by atoms with E-state index in [9.17, 15) is 0 Å². The van der Waals surface area contributed by atoms with E-state index in [2.05, 4.69) is 11.9 Å². The summed E-state index contributed by atoms with van der Waals surface area (Å²) in [5.74, 6) is 0. The molecule has 0 unspecified atom stereocenters. The molecule has 0 saturated carbocycles. The van der Waals surface area contributed by atoms with E-state index in [4.69, 9.17) is 5.11 Å². The zero-order valence-corrected chi connectivity index (χ0v) is 7.17. The van der Waals surface area contributed by atoms with Crippen LogP contribution in [0.25, 0.3) is 0 Å². The lowest BCUT2D eigenvalue weighted by Crippen LogP contribution is -1.93. The van der Waals surface area contributed by atoms with Gasteiger partial charge in [0.25, 0.3) is 0 Å². The largest absolute Gasteiger partial charge is 0.392 e. The van der Waals surface area contributed by atoms with Gasteiger partial charge in [0, 0.05) is 11.4 Å². The number of aliphatic hydroxyl groups is 1. The zero-order chi connectivity index (χ0) is 8.97. The summed E-state index contributed by atoms with van der Waals surface area (Å²) >= 11 is 0. The molecule has 2 nitrogen and oxygen atoms in total. The smallest absolute Gasteiger partial charge is 0.0681 e. The molecule has 0 atom stereocenters. The molecule has 0 spiro atoms. The Bertz CT molecular complexity index is 264. The van der Waals surface area contributed by atoms with Crippen LogP contribution in [0.3, 0.4) is 0 Å². The van der Waals surface area contributed by atoms with Gasteiger partial charge in [0.2, 0.25) is 0 Å². The summed E-state index contributed by atoms with van der Waals surface area (Å²) in [6, 6.07) is 7.59. The Morgan fingerprint density at radius 1 is 1.42 bits per heavy atom. The summed E-state index contributed by atoms with van der Waals surface area (Å²) in [5, 5.41) is 11.9. The number of benzene rings is 1. The normalized spacial score (nSPS) is 9.50. The van der Waals surface area contributed by atoms with E-state index < -0.39 is 0 Å². The lowest BCUT2D eigenvalue weighted by molar-refractivity contribution is 0.282. The first kappa shape index (κ1) is 8.81. The first-order valence-corrected chi connectivity index (χ1v) is 3.84. The van der Waals surface area contributed by atoms with Gasteiger partial charge in [0.1, 0.15) is 0 Å². The van der Waals surface area contributed by atoms with Crippen LogP contribution in [0.15, 0.2) is 36.5 Å². The number of hydrogen-bond donors (Lipinski definition) is 2. The molecule has 2 N–H and O–H groups in total. The van der Waals surface area contributed by atoms with E-state index in [0.717, 1.165) is 16.9 Å². The highest BCUT2D eigenvalue weighted by atomic mass is 16.3. The Balaban J connectivity index is 2.71. The van der Waals surface area contributed by atoms with Crippen LogP contribution < -0.4 is 5.32 Å². The second kappa shape index (κ2) is 3.93. The van der Waals surface area contributed by atoms with Gasteiger partial charge >= 0.3 is 0 Å². The molecule has 0 aliphatic carbocycles. The van der Waals surface area contributed by atoms with E-state index in [1.54, 1.807) is 0 Å². The fourth-order valence-corrected chi connectivity index (χ4v) is 0.940. The van der Waals surface area contributed by atoms with Crippen molar-refractivity contribution < 1.29 is 5.11 Å². The highest BCUT2D eigenvalue weighted by Crippen LogP contribution is 2.10. The lowest BCUT2D eigenvalue weighted by Gasteiger charge is -2.04. The van der Waals surface area contributed by atoms with Crippen LogP contribution in [0.5, 0.6) is 0 Å². The van der Waals surface area contributed by atoms with Crippen LogP contribution in [0.4, 0.5) is 5.69 Å². The molecule has 0 aliphatic rings. The molecule has 0 saturated heterocycles. The van der Waals surface area contributed by atoms with Gasteiger partial charge in [-0.2, -0.15) is 0 Å². The minimum Gasteiger partial charge on any atom is -0.392 e. The number of allylic oxidation sites excluding steroid dienone is 1. The van der Waals surface area contributed by atoms with Crippen LogP contribution in [0.1, 0.15) is 12.5 Å². The third-order valence-electron chi connectivity index (χ3n) is 1.49. The summed E-state index contributed by atoms with van der Waals surface area (Å²) < 4.78 is 0. The number of nitrogens with one attached hydrogen (secondary N) is 1. The van der Waals surface area contributed by atoms with E-state index in [1.807, 2.05) is 31.2 Å². The lowest BCUT2D eigenvalue weighted by atomic mass is 10.2. The van der Waals surface area contributed by atoms with Crippen molar-refractivity contribution in [1.29, 1.82) is 0 Å². The molecule has 64 valence electrons. The Kier molecular flexibility index (Phi) is 2.88. The molecular formula is C10H13NO. The standard InChI is InChI=1S/C10H13NO/c1-8(2)11-10-5-3-9(7-12)4-6-10/h3-6,11-12H,1,7H2,2H3. The Labute approximate surface area is 72.5 Å². The fraction of sp³-hybridized carbons (Fsp3) is 0.200. The molecule has 1 rings (SSSR count). The summed E-state index contributed by atoms with van der Waals surface area (Å²) in [6.07, 6.45) is 0. The van der Waals surface area contributed by atoms with Crippen LogP contribution in [0.2, 0.25) is 0 Å². The van der Waals surface area contributed by atoms with Gasteiger partial charge in [0.05, 0.1) is 6.61 Å². The molecule has 2 heteroatoms. The predicted molar refractivity (Wildman–Crippen MR) is 50.8 cm³/mol. The molecule has 0 bridgehead atoms. The zero-order valence-electron chi connectivity index (χ0n) is 7.17. The number of aliphatic hydroxyl groups excluding tert-OH is 1. The average molecular weight is 163 g/mol. The highest BCUT2D eigenvalue weighted by Gasteiger charge is 1.91. The first-order valence-electron chi connectivity index (χ1n) is 3.84. The van der Waals surface area contributed by atoms with Gasteiger partial charge in [0.15, 0.2) is 0 Å². The molecule has 0 heterocycles. The molecule has 0 aromatic heterocycles. The third kappa shape index (κ3) is 2.40. The van der Waals surface area contributed by atoms with Gasteiger partial charge in [-0.25, -0.2) is 0 Å². The SMILES string of the molecule is C=C(C)Nc1ccc(CO)cc1. The topological polar surface area (TPSA) is 32.3 Å². The maximum atomic E-state index is 8.77. The van der Waals surface area contributed by atoms with Crippen molar-refractivity contribution in [3.05, 3.63) is 42.1 Å². The monoisotopic (exact) mass is 163 g/mol. The van der Waals surface area contributed by atoms with Gasteiger partial charge < -0.3 is 10.4 Å². The third-order valence-corrected chi connectivity index (χ3v) is 1.49. The molecule has 0 amide bonds. The Hall–Kier alpha value is -1.28. The molecule has 1 aromatic rings. The second-order valence-electron chi connectivity index (χ2n) is 2.76. The fourth-order valence-electron chi connectivity index (χ4n) is 0.940. The molecule has 0 fully saturated rings. The number of anilines is 1. The maximum Gasteiger partial charge on any atom is 0.0681 e. The number of rotatable bonds is 3. The summed E-state index contributed by atoms with van der Waals surface area (Å²) in [4.78, 5) is 0. The van der Waals surface area contributed by atoms with Crippen molar-refractivity contribution in [1.82, 2.24) is 0 Å². The minimum atomic E-state index is 0.0906. The molecule has 1 aromatic carbocycles. The quantitative estimate of drug-likeness (QED) is 0.715. The van der Waals surface area contributed by atoms with Crippen molar-refractivity contribution >= 4 is 5.69 Å². The molecule has 12 heavy (non-hydrogen) atoms. The van der Waals surface area contributed by atoms with Crippen molar-refractivity contribution in [2.24, 2.45) is 0 Å². The Morgan fingerprint density at radius 2 is 2.00 bits per heavy atom.